The van der Waals surface area contributed by atoms with Crippen LogP contribution in [-0.4, -0.2) is 33.5 Å². The molecule has 3 heterocycles. The number of aliphatic imine (C=N–C) groups is 1. The van der Waals surface area contributed by atoms with Gasteiger partial charge in [-0.3, -0.25) is 19.3 Å². The number of nitrogens with one attached hydrogen (secondary N) is 1. The van der Waals surface area contributed by atoms with E-state index in [1.54, 1.807) is 6.07 Å². The van der Waals surface area contributed by atoms with Crippen LogP contribution in [0.2, 0.25) is 0 Å². The van der Waals surface area contributed by atoms with Crippen LogP contribution in [0.3, 0.4) is 0 Å². The van der Waals surface area contributed by atoms with Crippen LogP contribution in [0.1, 0.15) is 28.0 Å². The third-order valence-electron chi connectivity index (χ3n) is 5.79. The topological polar surface area (TPSA) is 92.0 Å². The minimum atomic E-state index is -0.515. The van der Waals surface area contributed by atoms with E-state index < -0.39 is 17.1 Å². The predicted octanol–water partition coefficient (Wildman–Crippen LogP) is 6.26. The van der Waals surface area contributed by atoms with Crippen molar-refractivity contribution in [1.82, 2.24) is 4.90 Å². The van der Waals surface area contributed by atoms with E-state index in [1.807, 2.05) is 57.2 Å². The fourth-order valence-corrected chi connectivity index (χ4v) is 5.91. The fourth-order valence-electron chi connectivity index (χ4n) is 4.21. The van der Waals surface area contributed by atoms with Gasteiger partial charge in [0.05, 0.1) is 15.6 Å². The Kier molecular flexibility index (Phi) is 6.59. The van der Waals surface area contributed by atoms with Crippen LogP contribution in [-0.2, 0) is 16.0 Å². The summed E-state index contributed by atoms with van der Waals surface area (Å²) in [5.41, 5.74) is 5.79. The number of thioether (sulfide) groups is 2. The number of para-hydroxylation sites is 1. The molecular formula is C27H23N3O4S2. The number of hydrogen-bond donors (Lipinski definition) is 1. The molecule has 7 nitrogen and oxygen atoms in total. The fraction of sp³-hybridized carbons (Fsp3) is 0.185. The van der Waals surface area contributed by atoms with E-state index in [2.05, 4.69) is 16.4 Å². The van der Waals surface area contributed by atoms with Crippen molar-refractivity contribution >= 4 is 63.1 Å². The number of carbonyl (C=O) groups is 3. The molecule has 3 aromatic rings. The molecule has 0 aliphatic carbocycles. The lowest BCUT2D eigenvalue weighted by molar-refractivity contribution is -0.127. The van der Waals surface area contributed by atoms with Crippen molar-refractivity contribution in [2.24, 2.45) is 4.99 Å². The van der Waals surface area contributed by atoms with E-state index in [0.29, 0.717) is 16.5 Å². The molecule has 2 aromatic carbocycles. The van der Waals surface area contributed by atoms with Gasteiger partial charge in [0, 0.05) is 18.2 Å². The standard InChI is InChI=1S/C27H23N3O4S2/c1-15-10-16(2)25(17(3)11-15)29-22(31)14-30-26(32)21(35-27(30)33)13-19-8-9-24(34-19)36-23-12-18-6-4-5-7-20(18)28-23/h4-11,13H,12,14H2,1-3H3,(H,29,31). The maximum absolute atomic E-state index is 12.9. The third kappa shape index (κ3) is 5.03. The molecule has 0 saturated carbocycles. The van der Waals surface area contributed by atoms with E-state index in [4.69, 9.17) is 4.42 Å². The Bertz CT molecular complexity index is 1450. The number of fused-ring (bicyclic) bond motifs is 1. The average molecular weight is 518 g/mol. The van der Waals surface area contributed by atoms with Crippen LogP contribution in [0.15, 0.2) is 67.9 Å². The first-order chi connectivity index (χ1) is 17.3. The van der Waals surface area contributed by atoms with Crippen molar-refractivity contribution in [3.05, 3.63) is 81.5 Å². The zero-order valence-corrected chi connectivity index (χ0v) is 21.6. The third-order valence-corrected chi connectivity index (χ3v) is 7.59. The van der Waals surface area contributed by atoms with Gasteiger partial charge < -0.3 is 9.73 Å². The molecule has 36 heavy (non-hydrogen) atoms. The van der Waals surface area contributed by atoms with Gasteiger partial charge >= 0.3 is 0 Å². The summed E-state index contributed by atoms with van der Waals surface area (Å²) in [5, 5.41) is 3.93. The first-order valence-electron chi connectivity index (χ1n) is 11.3. The molecule has 0 bridgehead atoms. The Labute approximate surface area is 217 Å². The van der Waals surface area contributed by atoms with Gasteiger partial charge in [-0.1, -0.05) is 35.9 Å². The second-order valence-electron chi connectivity index (χ2n) is 8.66. The highest BCUT2D eigenvalue weighted by molar-refractivity contribution is 8.18. The molecule has 3 amide bonds. The van der Waals surface area contributed by atoms with Crippen LogP contribution in [0, 0.1) is 20.8 Å². The zero-order chi connectivity index (χ0) is 25.4. The van der Waals surface area contributed by atoms with Crippen LogP contribution in [0.4, 0.5) is 16.2 Å². The quantitative estimate of drug-likeness (QED) is 0.402. The molecule has 0 radical (unpaired) electrons. The first-order valence-corrected chi connectivity index (χ1v) is 13.0. The first kappa shape index (κ1) is 24.1. The summed E-state index contributed by atoms with van der Waals surface area (Å²) in [7, 11) is 0. The van der Waals surface area contributed by atoms with E-state index in [0.717, 1.165) is 50.5 Å². The van der Waals surface area contributed by atoms with Crippen molar-refractivity contribution in [2.75, 3.05) is 11.9 Å². The molecular weight excluding hydrogens is 494 g/mol. The SMILES string of the molecule is Cc1cc(C)c(NC(=O)CN2C(=O)SC(=Cc3ccc(SC4=Nc5ccccc5C4)o3)C2=O)c(C)c1. The van der Waals surface area contributed by atoms with Gasteiger partial charge in [-0.2, -0.15) is 0 Å². The molecule has 0 atom stereocenters. The van der Waals surface area contributed by atoms with E-state index >= 15 is 0 Å². The highest BCUT2D eigenvalue weighted by Gasteiger charge is 2.36. The normalized spacial score (nSPS) is 16.0. The van der Waals surface area contributed by atoms with Gasteiger partial charge in [-0.15, -0.1) is 0 Å². The molecule has 0 spiro atoms. The number of furan rings is 1. The lowest BCUT2D eigenvalue weighted by Crippen LogP contribution is -2.36. The van der Waals surface area contributed by atoms with Gasteiger partial charge in [0.1, 0.15) is 12.3 Å². The molecule has 5 rings (SSSR count). The number of imide groups is 1. The smallest absolute Gasteiger partial charge is 0.294 e. The summed E-state index contributed by atoms with van der Waals surface area (Å²) >= 11 is 2.23. The molecule has 182 valence electrons. The monoisotopic (exact) mass is 517 g/mol. The minimum absolute atomic E-state index is 0.215. The van der Waals surface area contributed by atoms with Gasteiger partial charge in [0.15, 0.2) is 5.09 Å². The Hall–Kier alpha value is -3.56. The Balaban J connectivity index is 1.23. The summed E-state index contributed by atoms with van der Waals surface area (Å²) < 4.78 is 5.85. The van der Waals surface area contributed by atoms with Crippen LogP contribution in [0.25, 0.3) is 6.08 Å². The van der Waals surface area contributed by atoms with Crippen molar-refractivity contribution in [3.8, 4) is 0 Å². The molecule has 1 N–H and O–H groups in total. The number of hydrogen-bond acceptors (Lipinski definition) is 7. The number of amides is 3. The number of nitrogens with zero attached hydrogens (tertiary/aromatic N) is 2. The summed E-state index contributed by atoms with van der Waals surface area (Å²) in [6, 6.07) is 15.5. The lowest BCUT2D eigenvalue weighted by atomic mass is 10.1. The minimum Gasteiger partial charge on any atom is -0.450 e. The Morgan fingerprint density at radius 3 is 2.64 bits per heavy atom. The Morgan fingerprint density at radius 1 is 1.14 bits per heavy atom. The predicted molar refractivity (Wildman–Crippen MR) is 144 cm³/mol. The van der Waals surface area contributed by atoms with Crippen LogP contribution < -0.4 is 5.32 Å². The molecule has 1 aromatic heterocycles. The number of carbonyl (C=O) groups excluding carboxylic acids is 3. The zero-order valence-electron chi connectivity index (χ0n) is 20.0. The van der Waals surface area contributed by atoms with Crippen molar-refractivity contribution in [3.63, 3.8) is 0 Å². The lowest BCUT2D eigenvalue weighted by Gasteiger charge is -2.15. The van der Waals surface area contributed by atoms with Crippen molar-refractivity contribution in [2.45, 2.75) is 32.3 Å². The van der Waals surface area contributed by atoms with Gasteiger partial charge in [-0.25, -0.2) is 4.99 Å². The molecule has 0 unspecified atom stereocenters. The van der Waals surface area contributed by atoms with Gasteiger partial charge in [-0.05, 0) is 79.2 Å². The molecule has 2 aliphatic heterocycles. The second kappa shape index (κ2) is 9.83. The average Bonchev–Trinajstić information content (AvgIpc) is 3.50. The van der Waals surface area contributed by atoms with E-state index in [9.17, 15) is 14.4 Å². The number of benzene rings is 2. The Morgan fingerprint density at radius 2 is 1.89 bits per heavy atom. The number of anilines is 1. The van der Waals surface area contributed by atoms with Crippen LogP contribution in [0.5, 0.6) is 0 Å². The number of aryl methyl sites for hydroxylation is 3. The van der Waals surface area contributed by atoms with Gasteiger partial charge in [0.25, 0.3) is 11.1 Å². The summed E-state index contributed by atoms with van der Waals surface area (Å²) in [5.74, 6) is -0.489. The molecule has 1 saturated heterocycles. The summed E-state index contributed by atoms with van der Waals surface area (Å²) in [6.07, 6.45) is 2.28. The molecule has 9 heteroatoms. The summed E-state index contributed by atoms with van der Waals surface area (Å²) in [4.78, 5) is 43.8. The van der Waals surface area contributed by atoms with Crippen molar-refractivity contribution in [1.29, 1.82) is 0 Å². The highest BCUT2D eigenvalue weighted by atomic mass is 32.2. The van der Waals surface area contributed by atoms with Crippen molar-refractivity contribution < 1.29 is 18.8 Å². The summed E-state index contributed by atoms with van der Waals surface area (Å²) in [6.45, 7) is 5.45. The van der Waals surface area contributed by atoms with Gasteiger partial charge in [0.2, 0.25) is 5.91 Å². The largest absolute Gasteiger partial charge is 0.450 e. The van der Waals surface area contributed by atoms with E-state index in [-0.39, 0.29) is 11.4 Å². The second-order valence-corrected chi connectivity index (χ2v) is 10.7. The molecule has 2 aliphatic rings. The highest BCUT2D eigenvalue weighted by Crippen LogP contribution is 2.36. The maximum atomic E-state index is 12.9. The van der Waals surface area contributed by atoms with Crippen LogP contribution >= 0.6 is 23.5 Å². The number of rotatable bonds is 5. The van der Waals surface area contributed by atoms with E-state index in [1.165, 1.54) is 23.4 Å². The molecule has 1 fully saturated rings. The maximum Gasteiger partial charge on any atom is 0.294 e.